The lowest BCUT2D eigenvalue weighted by atomic mass is 10.2. The minimum Gasteiger partial charge on any atom is -0.457 e. The van der Waals surface area contributed by atoms with Gasteiger partial charge in [-0.1, -0.05) is 28.9 Å². The van der Waals surface area contributed by atoms with Crippen molar-refractivity contribution < 1.29 is 14.1 Å². The van der Waals surface area contributed by atoms with Gasteiger partial charge in [0.1, 0.15) is 17.8 Å². The zero-order chi connectivity index (χ0) is 20.1. The zero-order valence-corrected chi connectivity index (χ0v) is 16.5. The second kappa shape index (κ2) is 8.98. The number of carbonyl (C=O) groups excluding carboxylic acids is 1. The second-order valence-corrected chi connectivity index (χ2v) is 7.22. The Kier molecular flexibility index (Phi) is 5.97. The topological polar surface area (TPSA) is 70.8 Å². The predicted molar refractivity (Wildman–Crippen MR) is 110 cm³/mol. The molecule has 1 aromatic heterocycles. The Morgan fingerprint density at radius 3 is 2.59 bits per heavy atom. The number of ether oxygens (including phenoxy) is 1. The van der Waals surface area contributed by atoms with Gasteiger partial charge in [-0.2, -0.15) is 0 Å². The average molecular weight is 413 g/mol. The summed E-state index contributed by atoms with van der Waals surface area (Å²) in [5, 5.41) is 7.11. The number of hydrogen-bond donors (Lipinski definition) is 1. The summed E-state index contributed by atoms with van der Waals surface area (Å²) in [6.07, 6.45) is 1.43. The van der Waals surface area contributed by atoms with Crippen molar-refractivity contribution in [3.05, 3.63) is 71.4 Å². The number of nitrogens with one attached hydrogen (secondary N) is 1. The fourth-order valence-electron chi connectivity index (χ4n) is 3.18. The minimum atomic E-state index is -0.156. The standard InChI is InChI=1S/C21H21ClN4O3/c22-17-4-6-18(7-5-17)29-19-3-1-2-16(14-19)15-25-9-11-26(12-10-25)21(27)23-20-8-13-28-24-20/h1-8,13-14H,9-12,15H2,(H,23,24,27). The Labute approximate surface area is 173 Å². The highest BCUT2D eigenvalue weighted by Gasteiger charge is 2.21. The second-order valence-electron chi connectivity index (χ2n) is 6.78. The smallest absolute Gasteiger partial charge is 0.323 e. The lowest BCUT2D eigenvalue weighted by Gasteiger charge is -2.34. The molecule has 2 heterocycles. The van der Waals surface area contributed by atoms with Gasteiger partial charge in [-0.05, 0) is 42.0 Å². The first-order valence-electron chi connectivity index (χ1n) is 9.37. The molecule has 0 spiro atoms. The molecule has 0 unspecified atom stereocenters. The number of hydrogen-bond acceptors (Lipinski definition) is 5. The van der Waals surface area contributed by atoms with Gasteiger partial charge >= 0.3 is 6.03 Å². The van der Waals surface area contributed by atoms with E-state index in [1.165, 1.54) is 6.26 Å². The molecule has 150 valence electrons. The Hall–Kier alpha value is -3.03. The molecule has 4 rings (SSSR count). The summed E-state index contributed by atoms with van der Waals surface area (Å²) in [7, 11) is 0. The highest BCUT2D eigenvalue weighted by Crippen LogP contribution is 2.24. The van der Waals surface area contributed by atoms with Crippen LogP contribution in [0.15, 0.2) is 65.4 Å². The minimum absolute atomic E-state index is 0.156. The van der Waals surface area contributed by atoms with Crippen LogP contribution < -0.4 is 10.1 Å². The number of aromatic nitrogens is 1. The van der Waals surface area contributed by atoms with Gasteiger partial charge < -0.3 is 14.2 Å². The summed E-state index contributed by atoms with van der Waals surface area (Å²) in [6, 6.07) is 16.8. The number of amides is 2. The van der Waals surface area contributed by atoms with Crippen LogP contribution in [0.2, 0.25) is 5.02 Å². The molecule has 0 atom stereocenters. The summed E-state index contributed by atoms with van der Waals surface area (Å²) in [6.45, 7) is 3.72. The third-order valence-corrected chi connectivity index (χ3v) is 4.94. The molecule has 1 saturated heterocycles. The maximum Gasteiger partial charge on any atom is 0.323 e. The van der Waals surface area contributed by atoms with E-state index >= 15 is 0 Å². The van der Waals surface area contributed by atoms with Crippen molar-refractivity contribution in [2.75, 3.05) is 31.5 Å². The van der Waals surface area contributed by atoms with Crippen molar-refractivity contribution >= 4 is 23.4 Å². The molecule has 0 aliphatic carbocycles. The van der Waals surface area contributed by atoms with E-state index in [2.05, 4.69) is 21.4 Å². The first kappa shape index (κ1) is 19.3. The van der Waals surface area contributed by atoms with E-state index in [0.29, 0.717) is 23.9 Å². The molecule has 29 heavy (non-hydrogen) atoms. The van der Waals surface area contributed by atoms with Crippen molar-refractivity contribution in [2.45, 2.75) is 6.54 Å². The summed E-state index contributed by atoms with van der Waals surface area (Å²) in [5.41, 5.74) is 1.16. The molecular formula is C21H21ClN4O3. The molecule has 7 nitrogen and oxygen atoms in total. The molecule has 1 aliphatic rings. The maximum atomic E-state index is 12.3. The molecule has 2 aromatic carbocycles. The molecule has 3 aromatic rings. The quantitative estimate of drug-likeness (QED) is 0.669. The SMILES string of the molecule is O=C(Nc1ccon1)N1CCN(Cc2cccc(Oc3ccc(Cl)cc3)c2)CC1. The molecular weight excluding hydrogens is 392 g/mol. The van der Waals surface area contributed by atoms with Crippen LogP contribution in [0.3, 0.4) is 0 Å². The fraction of sp³-hybridized carbons (Fsp3) is 0.238. The van der Waals surface area contributed by atoms with Crippen molar-refractivity contribution in [1.82, 2.24) is 15.0 Å². The summed E-state index contributed by atoms with van der Waals surface area (Å²) in [4.78, 5) is 16.4. The number of carbonyl (C=O) groups is 1. The maximum absolute atomic E-state index is 12.3. The van der Waals surface area contributed by atoms with Crippen LogP contribution in [0.25, 0.3) is 0 Å². The van der Waals surface area contributed by atoms with E-state index in [0.717, 1.165) is 36.7 Å². The van der Waals surface area contributed by atoms with E-state index in [1.54, 1.807) is 23.1 Å². The molecule has 0 radical (unpaired) electrons. The lowest BCUT2D eigenvalue weighted by Crippen LogP contribution is -2.49. The number of urea groups is 1. The van der Waals surface area contributed by atoms with Gasteiger partial charge in [-0.25, -0.2) is 4.79 Å². The van der Waals surface area contributed by atoms with Gasteiger partial charge in [0.2, 0.25) is 0 Å². The van der Waals surface area contributed by atoms with Crippen LogP contribution in [-0.4, -0.2) is 47.2 Å². The zero-order valence-electron chi connectivity index (χ0n) is 15.8. The first-order chi connectivity index (χ1) is 14.2. The van der Waals surface area contributed by atoms with Gasteiger partial charge in [0.05, 0.1) is 0 Å². The fourth-order valence-corrected chi connectivity index (χ4v) is 3.30. The highest BCUT2D eigenvalue weighted by atomic mass is 35.5. The number of halogens is 1. The first-order valence-corrected chi connectivity index (χ1v) is 9.74. The Morgan fingerprint density at radius 2 is 1.86 bits per heavy atom. The van der Waals surface area contributed by atoms with Crippen molar-refractivity contribution in [3.8, 4) is 11.5 Å². The van der Waals surface area contributed by atoms with Crippen LogP contribution >= 0.6 is 11.6 Å². The molecule has 1 fully saturated rings. The monoisotopic (exact) mass is 412 g/mol. The number of nitrogens with zero attached hydrogens (tertiary/aromatic N) is 3. The molecule has 1 N–H and O–H groups in total. The summed E-state index contributed by atoms with van der Waals surface area (Å²) >= 11 is 5.92. The number of rotatable bonds is 5. The summed E-state index contributed by atoms with van der Waals surface area (Å²) < 4.78 is 10.6. The van der Waals surface area contributed by atoms with Crippen LogP contribution in [0, 0.1) is 0 Å². The summed E-state index contributed by atoms with van der Waals surface area (Å²) in [5.74, 6) is 1.96. The highest BCUT2D eigenvalue weighted by molar-refractivity contribution is 6.30. The third kappa shape index (κ3) is 5.28. The Balaban J connectivity index is 1.29. The van der Waals surface area contributed by atoms with Gasteiger partial charge in [-0.15, -0.1) is 0 Å². The molecule has 2 amide bonds. The third-order valence-electron chi connectivity index (χ3n) is 4.69. The van der Waals surface area contributed by atoms with Crippen LogP contribution in [0.4, 0.5) is 10.6 Å². The number of benzene rings is 2. The van der Waals surface area contributed by atoms with Crippen molar-refractivity contribution in [1.29, 1.82) is 0 Å². The van der Waals surface area contributed by atoms with Crippen LogP contribution in [0.1, 0.15) is 5.56 Å². The molecule has 8 heteroatoms. The Bertz CT molecular complexity index is 939. The van der Waals surface area contributed by atoms with Crippen molar-refractivity contribution in [2.24, 2.45) is 0 Å². The largest absolute Gasteiger partial charge is 0.457 e. The molecule has 1 aliphatic heterocycles. The average Bonchev–Trinajstić information content (AvgIpc) is 3.24. The van der Waals surface area contributed by atoms with E-state index in [1.807, 2.05) is 30.3 Å². The van der Waals surface area contributed by atoms with E-state index in [9.17, 15) is 4.79 Å². The number of anilines is 1. The lowest BCUT2D eigenvalue weighted by molar-refractivity contribution is 0.143. The van der Waals surface area contributed by atoms with E-state index < -0.39 is 0 Å². The predicted octanol–water partition coefficient (Wildman–Crippen LogP) is 4.47. The van der Waals surface area contributed by atoms with Gasteiger partial charge in [-0.3, -0.25) is 10.2 Å². The van der Waals surface area contributed by atoms with Crippen molar-refractivity contribution in [3.63, 3.8) is 0 Å². The normalized spacial score (nSPS) is 14.6. The Morgan fingerprint density at radius 1 is 1.07 bits per heavy atom. The molecule has 0 saturated carbocycles. The number of piperazine rings is 1. The van der Waals surface area contributed by atoms with E-state index in [-0.39, 0.29) is 6.03 Å². The van der Waals surface area contributed by atoms with Crippen LogP contribution in [-0.2, 0) is 6.54 Å². The van der Waals surface area contributed by atoms with E-state index in [4.69, 9.17) is 20.9 Å². The van der Waals surface area contributed by atoms with Gasteiger partial charge in [0.15, 0.2) is 5.82 Å². The van der Waals surface area contributed by atoms with Gasteiger partial charge in [0, 0.05) is 43.8 Å². The van der Waals surface area contributed by atoms with Crippen LogP contribution in [0.5, 0.6) is 11.5 Å². The molecule has 0 bridgehead atoms. The van der Waals surface area contributed by atoms with Gasteiger partial charge in [0.25, 0.3) is 0 Å².